The molecule has 0 amide bonds. The zero-order chi connectivity index (χ0) is 6.62. The van der Waals surface area contributed by atoms with E-state index in [-0.39, 0.29) is 72.8 Å². The minimum absolute atomic E-state index is 0. The Kier molecular flexibility index (Phi) is 38.1. The van der Waals surface area contributed by atoms with Gasteiger partial charge in [0.1, 0.15) is 0 Å². The summed E-state index contributed by atoms with van der Waals surface area (Å²) >= 11 is 0. The second-order valence-electron chi connectivity index (χ2n) is 0.995. The smallest absolute Gasteiger partial charge is 1.00 e. The van der Waals surface area contributed by atoms with Crippen molar-refractivity contribution in [3.05, 3.63) is 0 Å². The first kappa shape index (κ1) is 29.2. The van der Waals surface area contributed by atoms with Crippen molar-refractivity contribution in [2.45, 2.75) is 0 Å². The van der Waals surface area contributed by atoms with Gasteiger partial charge in [-0.1, -0.05) is 0 Å². The zero-order valence-corrected chi connectivity index (χ0v) is 13.6. The molecule has 0 bridgehead atoms. The SMILES string of the molecule is COP(=O)(OC)OC.[Cl-].[Cl-].[Cl-].[La+3]. The Balaban J connectivity index is -0.0000000408. The van der Waals surface area contributed by atoms with Crippen LogP contribution in [-0.4, -0.2) is 21.3 Å². The van der Waals surface area contributed by atoms with E-state index >= 15 is 0 Å². The molecule has 0 N–H and O–H groups in total. The third kappa shape index (κ3) is 12.2. The van der Waals surface area contributed by atoms with E-state index in [1.54, 1.807) is 0 Å². The number of hydrogen-bond donors (Lipinski definition) is 0. The summed E-state index contributed by atoms with van der Waals surface area (Å²) in [7, 11) is 0.611. The molecule has 0 aliphatic rings. The van der Waals surface area contributed by atoms with Crippen molar-refractivity contribution >= 4 is 7.82 Å². The predicted octanol–water partition coefficient (Wildman–Crippen LogP) is -7.95. The summed E-state index contributed by atoms with van der Waals surface area (Å²) in [6.45, 7) is 0. The van der Waals surface area contributed by atoms with Crippen LogP contribution in [0.15, 0.2) is 0 Å². The molecule has 4 nitrogen and oxygen atoms in total. The summed E-state index contributed by atoms with van der Waals surface area (Å²) in [6, 6.07) is 0. The molecule has 0 atom stereocenters. The average Bonchev–Trinajstić information content (AvgIpc) is 1.87. The Hall–Kier alpha value is 2.17. The van der Waals surface area contributed by atoms with E-state index in [1.165, 1.54) is 21.3 Å². The molecule has 0 saturated heterocycles. The Labute approximate surface area is 119 Å². The van der Waals surface area contributed by atoms with Gasteiger partial charge in [-0.25, -0.2) is 4.57 Å². The van der Waals surface area contributed by atoms with E-state index in [9.17, 15) is 4.57 Å². The van der Waals surface area contributed by atoms with Gasteiger partial charge >= 0.3 is 43.4 Å². The molecule has 0 saturated carbocycles. The van der Waals surface area contributed by atoms with Gasteiger partial charge in [-0.3, -0.25) is 13.6 Å². The predicted molar refractivity (Wildman–Crippen MR) is 28.6 cm³/mol. The molecule has 0 aliphatic heterocycles. The fourth-order valence-corrected chi connectivity index (χ4v) is 0.671. The first-order valence-electron chi connectivity index (χ1n) is 1.96. The van der Waals surface area contributed by atoms with Crippen molar-refractivity contribution < 1.29 is 91.0 Å². The molecule has 0 spiro atoms. The van der Waals surface area contributed by atoms with E-state index in [0.717, 1.165) is 0 Å². The summed E-state index contributed by atoms with van der Waals surface area (Å²) in [5.74, 6) is 0. The Morgan fingerprint density at radius 3 is 1.00 bits per heavy atom. The molecule has 0 radical (unpaired) electrons. The van der Waals surface area contributed by atoms with Crippen molar-refractivity contribution in [2.24, 2.45) is 0 Å². The minimum Gasteiger partial charge on any atom is -1.00 e. The minimum atomic E-state index is -3.16. The van der Waals surface area contributed by atoms with E-state index in [1.807, 2.05) is 0 Å². The average molecular weight is 385 g/mol. The molecular weight excluding hydrogens is 376 g/mol. The summed E-state index contributed by atoms with van der Waals surface area (Å²) < 4.78 is 23.7. The Morgan fingerprint density at radius 1 is 0.833 bits per heavy atom. The number of phosphoric ester groups is 1. The van der Waals surface area contributed by atoms with Crippen molar-refractivity contribution in [1.29, 1.82) is 0 Å². The number of halogens is 3. The standard InChI is InChI=1S/C3H9O4P.3ClH.La/c1-5-8(4,6-2)7-3;;;;/h1-3H3;3*1H;/q;;;;+3/p-3. The maximum absolute atomic E-state index is 10.7. The van der Waals surface area contributed by atoms with Crippen LogP contribution in [0.1, 0.15) is 0 Å². The first-order valence-corrected chi connectivity index (χ1v) is 3.42. The van der Waals surface area contributed by atoms with Crippen LogP contribution in [0.5, 0.6) is 0 Å². The Bertz CT molecular complexity index is 96.7. The maximum atomic E-state index is 10.7. The van der Waals surface area contributed by atoms with Crippen LogP contribution in [0.2, 0.25) is 0 Å². The van der Waals surface area contributed by atoms with Crippen LogP contribution in [0.4, 0.5) is 0 Å². The number of hydrogen-bond acceptors (Lipinski definition) is 4. The monoisotopic (exact) mass is 384 g/mol. The van der Waals surface area contributed by atoms with Gasteiger partial charge in [-0.2, -0.15) is 0 Å². The first-order chi connectivity index (χ1) is 3.68. The second-order valence-corrected chi connectivity index (χ2v) is 2.98. The van der Waals surface area contributed by atoms with Crippen LogP contribution < -0.4 is 37.2 Å². The van der Waals surface area contributed by atoms with E-state index in [2.05, 4.69) is 13.6 Å². The topological polar surface area (TPSA) is 44.8 Å². The van der Waals surface area contributed by atoms with E-state index < -0.39 is 7.82 Å². The number of rotatable bonds is 3. The van der Waals surface area contributed by atoms with E-state index in [4.69, 9.17) is 0 Å². The molecule has 12 heavy (non-hydrogen) atoms. The molecule has 9 heteroatoms. The number of phosphoric acid groups is 1. The molecule has 0 heterocycles. The van der Waals surface area contributed by atoms with Gasteiger partial charge in [-0.15, -0.1) is 0 Å². The van der Waals surface area contributed by atoms with Crippen LogP contribution in [0.3, 0.4) is 0 Å². The van der Waals surface area contributed by atoms with Crippen LogP contribution in [0.25, 0.3) is 0 Å². The quantitative estimate of drug-likeness (QED) is 0.453. The summed E-state index contributed by atoms with van der Waals surface area (Å²) in [4.78, 5) is 0. The third-order valence-electron chi connectivity index (χ3n) is 0.671. The third-order valence-corrected chi connectivity index (χ3v) is 2.01. The van der Waals surface area contributed by atoms with Gasteiger partial charge in [0.25, 0.3) is 0 Å². The molecular formula is C3H9Cl3LaO4P. The fourth-order valence-electron chi connectivity index (χ4n) is 0.224. The molecule has 0 aliphatic carbocycles. The molecule has 0 aromatic heterocycles. The molecule has 0 aromatic carbocycles. The van der Waals surface area contributed by atoms with Crippen molar-refractivity contribution in [2.75, 3.05) is 21.3 Å². The molecule has 74 valence electrons. The normalized spacial score (nSPS) is 7.92. The van der Waals surface area contributed by atoms with Gasteiger partial charge in [-0.05, 0) is 0 Å². The molecule has 0 rings (SSSR count). The van der Waals surface area contributed by atoms with Crippen molar-refractivity contribution in [1.82, 2.24) is 0 Å². The van der Waals surface area contributed by atoms with Gasteiger partial charge in [0.05, 0.1) is 0 Å². The van der Waals surface area contributed by atoms with Gasteiger partial charge in [0.15, 0.2) is 0 Å². The molecule has 0 unspecified atom stereocenters. The van der Waals surface area contributed by atoms with Crippen molar-refractivity contribution in [3.8, 4) is 0 Å². The zero-order valence-electron chi connectivity index (χ0n) is 6.79. The van der Waals surface area contributed by atoms with Gasteiger partial charge in [0, 0.05) is 21.3 Å². The molecule has 0 fully saturated rings. The van der Waals surface area contributed by atoms with E-state index in [0.29, 0.717) is 0 Å². The summed E-state index contributed by atoms with van der Waals surface area (Å²) in [5.41, 5.74) is 0. The van der Waals surface area contributed by atoms with Crippen molar-refractivity contribution in [3.63, 3.8) is 0 Å². The summed E-state index contributed by atoms with van der Waals surface area (Å²) in [6.07, 6.45) is 0. The maximum Gasteiger partial charge on any atom is 3.00 e. The van der Waals surface area contributed by atoms with Crippen LogP contribution >= 0.6 is 7.82 Å². The molecule has 0 aromatic rings. The van der Waals surface area contributed by atoms with Gasteiger partial charge < -0.3 is 37.2 Å². The second kappa shape index (κ2) is 15.6. The van der Waals surface area contributed by atoms with Gasteiger partial charge in [0.2, 0.25) is 0 Å². The largest absolute Gasteiger partial charge is 3.00 e. The van der Waals surface area contributed by atoms with Crippen LogP contribution in [0, 0.1) is 35.6 Å². The fraction of sp³-hybridized carbons (Fsp3) is 1.00. The Morgan fingerprint density at radius 2 is 1.00 bits per heavy atom. The van der Waals surface area contributed by atoms with Crippen LogP contribution in [-0.2, 0) is 18.1 Å². The summed E-state index contributed by atoms with van der Waals surface area (Å²) in [5, 5.41) is 0.